The number of aromatic nitrogens is 1. The SMILES string of the molecule is CCOC(=O)c1ccc(N2C(=O)C3C4CC(C3C2=O)C2C4Sc3[nH]c(=O)sc3[C@@H]2c2cc(Cl)ccc2OCc2ccccc2C)cc1. The molecule has 7 atom stereocenters. The van der Waals surface area contributed by atoms with Crippen molar-refractivity contribution >= 4 is 58.2 Å². The van der Waals surface area contributed by atoms with Crippen LogP contribution in [0.15, 0.2) is 76.6 Å². The van der Waals surface area contributed by atoms with Crippen LogP contribution in [0.3, 0.4) is 0 Å². The number of amides is 2. The van der Waals surface area contributed by atoms with Gasteiger partial charge in [0.1, 0.15) is 12.4 Å². The topological polar surface area (TPSA) is 106 Å². The summed E-state index contributed by atoms with van der Waals surface area (Å²) in [6.45, 7) is 4.43. The Morgan fingerprint density at radius 2 is 1.74 bits per heavy atom. The lowest BCUT2D eigenvalue weighted by Gasteiger charge is -2.43. The summed E-state index contributed by atoms with van der Waals surface area (Å²) in [5.41, 5.74) is 3.92. The highest BCUT2D eigenvalue weighted by Gasteiger charge is 2.69. The zero-order valence-electron chi connectivity index (χ0n) is 25.6. The van der Waals surface area contributed by atoms with Gasteiger partial charge in [0.05, 0.1) is 34.7 Å². The average molecular weight is 687 g/mol. The van der Waals surface area contributed by atoms with Crippen LogP contribution in [0.4, 0.5) is 5.69 Å². The Kier molecular flexibility index (Phi) is 7.57. The molecule has 8 nitrogen and oxygen atoms in total. The summed E-state index contributed by atoms with van der Waals surface area (Å²) in [6.07, 6.45) is 0.764. The number of ether oxygens (including phenoxy) is 2. The quantitative estimate of drug-likeness (QED) is 0.168. The molecule has 0 spiro atoms. The van der Waals surface area contributed by atoms with E-state index in [1.165, 1.54) is 16.2 Å². The fourth-order valence-corrected chi connectivity index (χ4v) is 11.5. The fourth-order valence-electron chi connectivity index (χ4n) is 8.40. The van der Waals surface area contributed by atoms with Gasteiger partial charge in [0.25, 0.3) is 0 Å². The normalized spacial score (nSPS) is 27.0. The number of rotatable bonds is 7. The number of imide groups is 1. The van der Waals surface area contributed by atoms with Crippen molar-refractivity contribution in [3.8, 4) is 5.75 Å². The van der Waals surface area contributed by atoms with E-state index < -0.39 is 17.8 Å². The molecule has 47 heavy (non-hydrogen) atoms. The monoisotopic (exact) mass is 686 g/mol. The number of H-pyrrole nitrogens is 1. The molecule has 2 aliphatic carbocycles. The summed E-state index contributed by atoms with van der Waals surface area (Å²) in [7, 11) is 0. The summed E-state index contributed by atoms with van der Waals surface area (Å²) in [5, 5.41) is 1.41. The van der Waals surface area contributed by atoms with E-state index in [1.807, 2.05) is 36.4 Å². The molecule has 4 aliphatic rings. The molecule has 1 aromatic heterocycles. The summed E-state index contributed by atoms with van der Waals surface area (Å²) >= 11 is 9.48. The molecular formula is C36H31ClN2O6S2. The van der Waals surface area contributed by atoms with Gasteiger partial charge < -0.3 is 14.5 Å². The molecule has 6 unspecified atom stereocenters. The van der Waals surface area contributed by atoms with Gasteiger partial charge in [0, 0.05) is 26.6 Å². The Morgan fingerprint density at radius 3 is 2.49 bits per heavy atom. The summed E-state index contributed by atoms with van der Waals surface area (Å²) < 4.78 is 11.6. The van der Waals surface area contributed by atoms with Crippen LogP contribution < -0.4 is 14.5 Å². The van der Waals surface area contributed by atoms with E-state index in [0.717, 1.165) is 33.0 Å². The number of nitrogens with zero attached hydrogens (tertiary/aromatic N) is 1. The van der Waals surface area contributed by atoms with Crippen LogP contribution in [0.2, 0.25) is 5.02 Å². The molecule has 1 saturated heterocycles. The predicted molar refractivity (Wildman–Crippen MR) is 180 cm³/mol. The third kappa shape index (κ3) is 4.86. The third-order valence-electron chi connectivity index (χ3n) is 10.3. The Morgan fingerprint density at radius 1 is 1.00 bits per heavy atom. The molecule has 3 aromatic carbocycles. The van der Waals surface area contributed by atoms with E-state index in [-0.39, 0.29) is 52.2 Å². The van der Waals surface area contributed by atoms with E-state index in [2.05, 4.69) is 18.0 Å². The predicted octanol–water partition coefficient (Wildman–Crippen LogP) is 6.83. The van der Waals surface area contributed by atoms with E-state index in [0.29, 0.717) is 28.6 Å². The summed E-state index contributed by atoms with van der Waals surface area (Å²) in [5.74, 6) is -1.39. The number of esters is 1. The van der Waals surface area contributed by atoms with Crippen molar-refractivity contribution in [3.63, 3.8) is 0 Å². The highest BCUT2D eigenvalue weighted by Crippen LogP contribution is 2.69. The van der Waals surface area contributed by atoms with E-state index in [9.17, 15) is 19.2 Å². The lowest BCUT2D eigenvalue weighted by molar-refractivity contribution is -0.123. The van der Waals surface area contributed by atoms with Crippen LogP contribution in [0.5, 0.6) is 5.75 Å². The summed E-state index contributed by atoms with van der Waals surface area (Å²) in [4.78, 5) is 58.4. The zero-order valence-corrected chi connectivity index (χ0v) is 28.0. The van der Waals surface area contributed by atoms with Crippen molar-refractivity contribution < 1.29 is 23.9 Å². The van der Waals surface area contributed by atoms with Gasteiger partial charge in [0.15, 0.2) is 0 Å². The molecule has 240 valence electrons. The summed E-state index contributed by atoms with van der Waals surface area (Å²) in [6, 6.07) is 20.2. The number of nitrogens with one attached hydrogen (secondary N) is 1. The number of halogens is 1. The first-order valence-corrected chi connectivity index (χ1v) is 17.8. The van der Waals surface area contributed by atoms with Gasteiger partial charge in [-0.25, -0.2) is 4.79 Å². The molecule has 3 fully saturated rings. The number of aromatic amines is 1. The van der Waals surface area contributed by atoms with Crippen LogP contribution in [-0.4, -0.2) is 34.6 Å². The largest absolute Gasteiger partial charge is 0.489 e. The van der Waals surface area contributed by atoms with E-state index in [4.69, 9.17) is 21.1 Å². The van der Waals surface area contributed by atoms with Gasteiger partial charge in [-0.15, -0.1) is 11.8 Å². The van der Waals surface area contributed by atoms with E-state index in [1.54, 1.807) is 43.0 Å². The van der Waals surface area contributed by atoms with Gasteiger partial charge in [-0.05, 0) is 91.6 Å². The molecule has 2 saturated carbocycles. The molecule has 4 aromatic rings. The van der Waals surface area contributed by atoms with Gasteiger partial charge in [-0.3, -0.25) is 19.3 Å². The number of carbonyl (C=O) groups excluding carboxylic acids is 3. The first kappa shape index (κ1) is 30.5. The molecule has 2 aliphatic heterocycles. The van der Waals surface area contributed by atoms with Gasteiger partial charge in [-0.2, -0.15) is 0 Å². The number of anilines is 1. The second-order valence-corrected chi connectivity index (χ2v) is 15.3. The molecule has 8 rings (SSSR count). The van der Waals surface area contributed by atoms with Crippen LogP contribution in [0, 0.1) is 36.5 Å². The van der Waals surface area contributed by atoms with Crippen LogP contribution in [-0.2, 0) is 20.9 Å². The number of thiazole rings is 1. The van der Waals surface area contributed by atoms with Crippen LogP contribution in [0.1, 0.15) is 51.2 Å². The van der Waals surface area contributed by atoms with Crippen molar-refractivity contribution in [2.75, 3.05) is 11.5 Å². The molecule has 11 heteroatoms. The number of hydrogen-bond acceptors (Lipinski definition) is 8. The Bertz CT molecular complexity index is 1990. The maximum absolute atomic E-state index is 14.2. The maximum atomic E-state index is 14.2. The maximum Gasteiger partial charge on any atom is 0.338 e. The number of aryl methyl sites for hydroxylation is 1. The van der Waals surface area contributed by atoms with Gasteiger partial charge in [-0.1, -0.05) is 47.2 Å². The highest BCUT2D eigenvalue weighted by atomic mass is 35.5. The smallest absolute Gasteiger partial charge is 0.338 e. The standard InChI is InChI=1S/C36H31ClN2O6S2/c1-3-44-35(42)18-8-11-21(12-9-18)39-33(40)28-23-15-24(29(28)34(39)41)30-27(23)26(31-32(46-30)38-36(43)47-31)22-14-20(37)10-13-25(22)45-16-19-7-5-4-6-17(19)2/h4-14,23-24,26-30H,3,15-16H2,1-2H3,(H,38,43)/t23?,24?,26-,27?,28?,29?,30?/m1/s1. The molecule has 0 radical (unpaired) electrons. The van der Waals surface area contributed by atoms with E-state index >= 15 is 0 Å². The number of carbonyl (C=O) groups is 3. The minimum absolute atomic E-state index is 0.00707. The molecule has 2 amide bonds. The number of hydrogen-bond donors (Lipinski definition) is 1. The second kappa shape index (κ2) is 11.7. The fraction of sp³-hybridized carbons (Fsp3) is 0.333. The van der Waals surface area contributed by atoms with Crippen molar-refractivity contribution in [2.24, 2.45) is 29.6 Å². The average Bonchev–Trinajstić information content (AvgIpc) is 3.80. The molecular weight excluding hydrogens is 656 g/mol. The first-order valence-electron chi connectivity index (χ1n) is 15.8. The highest BCUT2D eigenvalue weighted by molar-refractivity contribution is 8.00. The number of thioether (sulfide) groups is 1. The number of fused-ring (bicyclic) bond motifs is 9. The lowest BCUT2D eigenvalue weighted by Crippen LogP contribution is -2.42. The van der Waals surface area contributed by atoms with Gasteiger partial charge in [0.2, 0.25) is 11.8 Å². The first-order chi connectivity index (χ1) is 22.7. The van der Waals surface area contributed by atoms with Crippen LogP contribution in [0.25, 0.3) is 0 Å². The van der Waals surface area contributed by atoms with Crippen molar-refractivity contribution in [2.45, 2.75) is 43.1 Å². The molecule has 2 bridgehead atoms. The minimum atomic E-state index is -0.464. The van der Waals surface area contributed by atoms with Crippen molar-refractivity contribution in [1.29, 1.82) is 0 Å². The third-order valence-corrected chi connectivity index (χ3v) is 13.1. The lowest BCUT2D eigenvalue weighted by atomic mass is 9.68. The Balaban J connectivity index is 1.16. The van der Waals surface area contributed by atoms with Gasteiger partial charge >= 0.3 is 10.8 Å². The zero-order chi connectivity index (χ0) is 32.6. The van der Waals surface area contributed by atoms with Crippen molar-refractivity contribution in [1.82, 2.24) is 4.98 Å². The second-order valence-electron chi connectivity index (χ2n) is 12.6. The van der Waals surface area contributed by atoms with Crippen LogP contribution >= 0.6 is 34.7 Å². The number of benzene rings is 3. The Labute approximate surface area is 284 Å². The molecule has 3 heterocycles. The minimum Gasteiger partial charge on any atom is -0.489 e. The Hall–Kier alpha value is -3.86. The van der Waals surface area contributed by atoms with Crippen molar-refractivity contribution in [3.05, 3.63) is 109 Å². The molecule has 1 N–H and O–H groups in total.